The number of carboxylic acid groups (broad SMARTS) is 2. The zero-order chi connectivity index (χ0) is 12.6. The molecule has 0 aliphatic heterocycles. The molecule has 0 spiro atoms. The average molecular weight is 231 g/mol. The van der Waals surface area contributed by atoms with Crippen LogP contribution in [0.2, 0.25) is 0 Å². The Morgan fingerprint density at radius 3 is 2.19 bits per heavy atom. The number of hydrogen-bond donors (Lipinski definition) is 3. The summed E-state index contributed by atoms with van der Waals surface area (Å²) in [5.74, 6) is -1.62. The number of carbonyl (C=O) groups is 2. The monoisotopic (exact) mass is 231 g/mol. The maximum absolute atomic E-state index is 10.6. The summed E-state index contributed by atoms with van der Waals surface area (Å²) in [7, 11) is 0. The van der Waals surface area contributed by atoms with Crippen LogP contribution in [0.4, 0.5) is 0 Å². The Morgan fingerprint density at radius 1 is 1.12 bits per heavy atom. The maximum Gasteiger partial charge on any atom is 0.303 e. The quantitative estimate of drug-likeness (QED) is 0.521. The van der Waals surface area contributed by atoms with Crippen molar-refractivity contribution in [3.05, 3.63) is 0 Å². The largest absolute Gasteiger partial charge is 0.481 e. The van der Waals surface area contributed by atoms with Crippen LogP contribution >= 0.6 is 0 Å². The van der Waals surface area contributed by atoms with Gasteiger partial charge in [0.1, 0.15) is 0 Å². The molecule has 16 heavy (non-hydrogen) atoms. The Hall–Kier alpha value is -1.10. The fraction of sp³-hybridized carbons (Fsp3) is 0.818. The lowest BCUT2D eigenvalue weighted by Gasteiger charge is -2.18. The van der Waals surface area contributed by atoms with Gasteiger partial charge in [-0.2, -0.15) is 0 Å². The number of carboxylic acids is 2. The minimum atomic E-state index is -0.826. The van der Waals surface area contributed by atoms with Crippen molar-refractivity contribution in [2.75, 3.05) is 0 Å². The molecule has 4 N–H and O–H groups in total. The van der Waals surface area contributed by atoms with Crippen LogP contribution < -0.4 is 5.73 Å². The molecule has 0 unspecified atom stereocenters. The molecule has 0 saturated carbocycles. The number of rotatable bonds is 9. The lowest BCUT2D eigenvalue weighted by molar-refractivity contribution is -0.138. The van der Waals surface area contributed by atoms with E-state index in [9.17, 15) is 9.59 Å². The third kappa shape index (κ3) is 8.23. The van der Waals surface area contributed by atoms with Gasteiger partial charge in [-0.05, 0) is 25.7 Å². The molecule has 0 bridgehead atoms. The summed E-state index contributed by atoms with van der Waals surface area (Å²) in [5.41, 5.74) is 5.69. The summed E-state index contributed by atoms with van der Waals surface area (Å²) in [6.45, 7) is 1.81. The van der Waals surface area contributed by atoms with Crippen LogP contribution in [0.3, 0.4) is 0 Å². The first kappa shape index (κ1) is 14.9. The van der Waals surface area contributed by atoms with Crippen molar-refractivity contribution < 1.29 is 19.8 Å². The van der Waals surface area contributed by atoms with Gasteiger partial charge in [-0.3, -0.25) is 9.59 Å². The van der Waals surface area contributed by atoms with Crippen LogP contribution in [0.15, 0.2) is 0 Å². The number of aliphatic carboxylic acids is 2. The van der Waals surface area contributed by atoms with Crippen LogP contribution in [0.25, 0.3) is 0 Å². The Morgan fingerprint density at radius 2 is 1.75 bits per heavy atom. The van der Waals surface area contributed by atoms with E-state index in [1.54, 1.807) is 0 Å². The van der Waals surface area contributed by atoms with E-state index >= 15 is 0 Å². The highest BCUT2D eigenvalue weighted by molar-refractivity contribution is 5.67. The first-order valence-corrected chi connectivity index (χ1v) is 5.62. The van der Waals surface area contributed by atoms with Crippen LogP contribution in [-0.4, -0.2) is 28.2 Å². The predicted octanol–water partition coefficient (Wildman–Crippen LogP) is 1.46. The highest BCUT2D eigenvalue weighted by Crippen LogP contribution is 2.17. The molecule has 5 nitrogen and oxygen atoms in total. The maximum atomic E-state index is 10.6. The van der Waals surface area contributed by atoms with E-state index in [0.29, 0.717) is 6.42 Å². The summed E-state index contributed by atoms with van der Waals surface area (Å²) in [5, 5.41) is 17.1. The summed E-state index contributed by atoms with van der Waals surface area (Å²) < 4.78 is 0. The van der Waals surface area contributed by atoms with Gasteiger partial charge in [-0.1, -0.05) is 12.8 Å². The van der Waals surface area contributed by atoms with E-state index in [4.69, 9.17) is 15.9 Å². The summed E-state index contributed by atoms with van der Waals surface area (Å²) in [4.78, 5) is 20.8. The molecule has 2 atom stereocenters. The predicted molar refractivity (Wildman–Crippen MR) is 60.1 cm³/mol. The van der Waals surface area contributed by atoms with Gasteiger partial charge < -0.3 is 15.9 Å². The van der Waals surface area contributed by atoms with Crippen LogP contribution in [0, 0.1) is 5.92 Å². The number of unbranched alkanes of at least 4 members (excludes halogenated alkanes) is 2. The first-order valence-electron chi connectivity index (χ1n) is 5.62. The molecule has 0 aliphatic rings. The van der Waals surface area contributed by atoms with Crippen molar-refractivity contribution in [2.24, 2.45) is 11.7 Å². The average Bonchev–Trinajstić information content (AvgIpc) is 2.14. The van der Waals surface area contributed by atoms with Gasteiger partial charge in [-0.25, -0.2) is 0 Å². The number of nitrogens with two attached hydrogens (primary N) is 1. The molecule has 0 aliphatic carbocycles. The normalized spacial score (nSPS) is 14.4. The fourth-order valence-corrected chi connectivity index (χ4v) is 1.63. The van der Waals surface area contributed by atoms with E-state index in [1.807, 2.05) is 6.92 Å². The molecule has 0 amide bonds. The van der Waals surface area contributed by atoms with E-state index in [-0.39, 0.29) is 24.8 Å². The molecule has 0 saturated heterocycles. The van der Waals surface area contributed by atoms with Crippen LogP contribution in [0.1, 0.15) is 45.4 Å². The van der Waals surface area contributed by atoms with Crippen molar-refractivity contribution in [1.29, 1.82) is 0 Å². The first-order chi connectivity index (χ1) is 7.43. The van der Waals surface area contributed by atoms with Gasteiger partial charge in [0.05, 0.1) is 0 Å². The molecule has 94 valence electrons. The molecular formula is C11H21NO4. The van der Waals surface area contributed by atoms with Gasteiger partial charge in [0.2, 0.25) is 0 Å². The van der Waals surface area contributed by atoms with Gasteiger partial charge in [0, 0.05) is 18.9 Å². The Balaban J connectivity index is 3.68. The summed E-state index contributed by atoms with van der Waals surface area (Å²) in [6.07, 6.45) is 3.33. The van der Waals surface area contributed by atoms with Crippen molar-refractivity contribution in [3.63, 3.8) is 0 Å². The smallest absolute Gasteiger partial charge is 0.303 e. The van der Waals surface area contributed by atoms with Gasteiger partial charge >= 0.3 is 11.9 Å². The van der Waals surface area contributed by atoms with E-state index < -0.39 is 11.9 Å². The van der Waals surface area contributed by atoms with E-state index in [0.717, 1.165) is 19.3 Å². The summed E-state index contributed by atoms with van der Waals surface area (Å²) in [6, 6.07) is -0.129. The molecule has 0 radical (unpaired) electrons. The van der Waals surface area contributed by atoms with Crippen molar-refractivity contribution in [1.82, 2.24) is 0 Å². The Labute approximate surface area is 95.6 Å². The zero-order valence-corrected chi connectivity index (χ0v) is 9.69. The molecule has 0 rings (SSSR count). The second kappa shape index (κ2) is 8.10. The van der Waals surface area contributed by atoms with E-state index in [1.165, 1.54) is 0 Å². The summed E-state index contributed by atoms with van der Waals surface area (Å²) >= 11 is 0. The van der Waals surface area contributed by atoms with Crippen molar-refractivity contribution >= 4 is 11.9 Å². The molecule has 0 aromatic carbocycles. The third-order valence-electron chi connectivity index (χ3n) is 2.65. The van der Waals surface area contributed by atoms with Crippen LogP contribution in [-0.2, 0) is 9.59 Å². The lowest BCUT2D eigenvalue weighted by Crippen LogP contribution is -2.28. The minimum absolute atomic E-state index is 0.0117. The number of hydrogen-bond acceptors (Lipinski definition) is 3. The Bertz CT molecular complexity index is 228. The van der Waals surface area contributed by atoms with Crippen molar-refractivity contribution in [2.45, 2.75) is 51.5 Å². The van der Waals surface area contributed by atoms with Gasteiger partial charge in [0.25, 0.3) is 0 Å². The molecular weight excluding hydrogens is 210 g/mol. The highest BCUT2D eigenvalue weighted by atomic mass is 16.4. The second-order valence-electron chi connectivity index (χ2n) is 4.21. The molecule has 5 heteroatoms. The molecule has 0 heterocycles. The van der Waals surface area contributed by atoms with E-state index in [2.05, 4.69) is 0 Å². The zero-order valence-electron chi connectivity index (χ0n) is 9.69. The molecule has 0 aromatic rings. The van der Waals surface area contributed by atoms with Crippen LogP contribution in [0.5, 0.6) is 0 Å². The Kier molecular flexibility index (Phi) is 7.54. The second-order valence-corrected chi connectivity index (χ2v) is 4.21. The standard InChI is InChI=1S/C11H21NO4/c1-8(12)9(7-11(15)16)5-3-2-4-6-10(13)14/h8-9H,2-7,12H2,1H3,(H,13,14)(H,15,16)/t8-,9-/m0/s1. The third-order valence-corrected chi connectivity index (χ3v) is 2.65. The highest BCUT2D eigenvalue weighted by Gasteiger charge is 2.16. The molecule has 0 aromatic heterocycles. The minimum Gasteiger partial charge on any atom is -0.481 e. The SMILES string of the molecule is C[C@H](N)[C@@H](CCCCCC(=O)O)CC(=O)O. The lowest BCUT2D eigenvalue weighted by atomic mass is 9.92. The van der Waals surface area contributed by atoms with Crippen molar-refractivity contribution in [3.8, 4) is 0 Å². The topological polar surface area (TPSA) is 101 Å². The van der Waals surface area contributed by atoms with Gasteiger partial charge in [-0.15, -0.1) is 0 Å². The molecule has 0 fully saturated rings. The fourth-order valence-electron chi connectivity index (χ4n) is 1.63. The van der Waals surface area contributed by atoms with Gasteiger partial charge in [0.15, 0.2) is 0 Å².